The van der Waals surface area contributed by atoms with Crippen LogP contribution in [0.25, 0.3) is 0 Å². The molecule has 0 unspecified atom stereocenters. The Balaban J connectivity index is 2.19. The van der Waals surface area contributed by atoms with Crippen LogP contribution in [0.2, 0.25) is 0 Å². The van der Waals surface area contributed by atoms with Crippen LogP contribution in [0, 0.1) is 0 Å². The van der Waals surface area contributed by atoms with Crippen LogP contribution in [0.5, 0.6) is 0 Å². The average molecular weight is 94.1 g/mol. The van der Waals surface area contributed by atoms with E-state index >= 15 is 0 Å². The van der Waals surface area contributed by atoms with Crippen molar-refractivity contribution in [3.05, 3.63) is 0 Å². The van der Waals surface area contributed by atoms with E-state index in [1.54, 1.807) is 0 Å². The second-order valence-electron chi connectivity index (χ2n) is 1.08. The SMILES string of the molecule is OCCC[PH4]. The third-order valence-corrected chi connectivity index (χ3v) is 1.22. The Morgan fingerprint density at radius 2 is 2.20 bits per heavy atom. The van der Waals surface area contributed by atoms with E-state index in [1.807, 2.05) is 0 Å². The standard InChI is InChI=1S/C3H11OP/c4-2-1-3-5/h4H,1-3H2,5H4. The normalized spacial score (nSPS) is 8.60. The van der Waals surface area contributed by atoms with E-state index in [1.165, 1.54) is 15.4 Å². The number of aliphatic hydroxyl groups excluding tert-OH is 1. The molecule has 0 spiro atoms. The molecule has 0 atom stereocenters. The summed E-state index contributed by atoms with van der Waals surface area (Å²) in [6.45, 7) is 0.378. The van der Waals surface area contributed by atoms with Crippen LogP contribution in [0.3, 0.4) is 0 Å². The Morgan fingerprint density at radius 1 is 1.60 bits per heavy atom. The minimum absolute atomic E-state index is 0.378. The Morgan fingerprint density at radius 3 is 2.20 bits per heavy atom. The van der Waals surface area contributed by atoms with Crippen LogP contribution >= 0.6 is 9.24 Å². The first kappa shape index (κ1) is 5.39. The van der Waals surface area contributed by atoms with E-state index in [4.69, 9.17) is 5.11 Å². The van der Waals surface area contributed by atoms with Gasteiger partial charge in [0.1, 0.15) is 0 Å². The van der Waals surface area contributed by atoms with Gasteiger partial charge >= 0.3 is 33.5 Å². The monoisotopic (exact) mass is 94.1 g/mol. The second-order valence-corrected chi connectivity index (χ2v) is 2.08. The summed E-state index contributed by atoms with van der Waals surface area (Å²) in [4.78, 5) is 0. The molecule has 0 aliphatic heterocycles. The van der Waals surface area contributed by atoms with Gasteiger partial charge in [-0.05, 0) is 0 Å². The van der Waals surface area contributed by atoms with E-state index in [0.717, 1.165) is 6.42 Å². The molecule has 34 valence electrons. The van der Waals surface area contributed by atoms with Gasteiger partial charge in [-0.2, -0.15) is 0 Å². The molecule has 0 heterocycles. The van der Waals surface area contributed by atoms with Crippen molar-refractivity contribution in [3.8, 4) is 0 Å². The summed E-state index contributed by atoms with van der Waals surface area (Å²) in [5.74, 6) is 0. The summed E-state index contributed by atoms with van der Waals surface area (Å²) in [7, 11) is 1.24. The summed E-state index contributed by atoms with van der Waals surface area (Å²) in [6, 6.07) is 0. The fourth-order valence-corrected chi connectivity index (χ4v) is 0.474. The van der Waals surface area contributed by atoms with Gasteiger partial charge in [-0.25, -0.2) is 0 Å². The first-order chi connectivity index (χ1) is 2.41. The van der Waals surface area contributed by atoms with Crippen LogP contribution in [-0.4, -0.2) is 17.9 Å². The molecule has 0 saturated heterocycles. The number of hydrogen-bond donors (Lipinski definition) is 1. The van der Waals surface area contributed by atoms with Gasteiger partial charge in [-0.15, -0.1) is 0 Å². The van der Waals surface area contributed by atoms with Gasteiger partial charge in [0.25, 0.3) is 0 Å². The predicted octanol–water partition coefficient (Wildman–Crippen LogP) is -0.292. The van der Waals surface area contributed by atoms with Gasteiger partial charge in [-0.1, -0.05) is 0 Å². The van der Waals surface area contributed by atoms with Gasteiger partial charge in [0, 0.05) is 0 Å². The van der Waals surface area contributed by atoms with Crippen molar-refractivity contribution < 1.29 is 5.11 Å². The zero-order chi connectivity index (χ0) is 4.12. The molecule has 0 rings (SSSR count). The molecule has 2 heteroatoms. The Labute approximate surface area is 34.6 Å². The molecule has 1 nitrogen and oxygen atoms in total. The van der Waals surface area contributed by atoms with Crippen LogP contribution in [0.1, 0.15) is 6.42 Å². The molecule has 0 saturated carbocycles. The molecule has 5 heavy (non-hydrogen) atoms. The molecule has 0 amide bonds. The molecular weight excluding hydrogens is 83.0 g/mol. The van der Waals surface area contributed by atoms with Crippen molar-refractivity contribution in [2.45, 2.75) is 6.42 Å². The van der Waals surface area contributed by atoms with E-state index in [9.17, 15) is 0 Å². The van der Waals surface area contributed by atoms with Crippen molar-refractivity contribution >= 4 is 9.24 Å². The van der Waals surface area contributed by atoms with Gasteiger partial charge in [-0.3, -0.25) is 0 Å². The molecule has 0 aliphatic carbocycles. The molecule has 1 N–H and O–H groups in total. The Bertz CT molecular complexity index is 14.4. The van der Waals surface area contributed by atoms with Crippen molar-refractivity contribution in [1.82, 2.24) is 0 Å². The zero-order valence-electron chi connectivity index (χ0n) is 3.57. The second kappa shape index (κ2) is 4.39. The number of rotatable bonds is 2. The topological polar surface area (TPSA) is 20.2 Å². The molecular formula is C3H11OP. The molecule has 0 aromatic carbocycles. The Hall–Kier alpha value is 0.390. The summed E-state index contributed by atoms with van der Waals surface area (Å²) in [5.41, 5.74) is 0. The molecule has 0 aromatic heterocycles. The molecule has 0 aromatic rings. The minimum atomic E-state index is 0.378. The summed E-state index contributed by atoms with van der Waals surface area (Å²) in [6.07, 6.45) is 2.24. The van der Waals surface area contributed by atoms with Crippen LogP contribution < -0.4 is 0 Å². The van der Waals surface area contributed by atoms with Crippen LogP contribution in [0.15, 0.2) is 0 Å². The maximum atomic E-state index is 8.09. The maximum absolute atomic E-state index is 8.09. The molecule has 0 fully saturated rings. The summed E-state index contributed by atoms with van der Waals surface area (Å²) >= 11 is 0. The summed E-state index contributed by atoms with van der Waals surface area (Å²) < 4.78 is 0. The van der Waals surface area contributed by atoms with E-state index in [2.05, 4.69) is 0 Å². The third kappa shape index (κ3) is 4.39. The molecule has 0 aliphatic rings. The van der Waals surface area contributed by atoms with Crippen LogP contribution in [-0.2, 0) is 0 Å². The first-order valence-corrected chi connectivity index (χ1v) is 3.44. The third-order valence-electron chi connectivity index (χ3n) is 0.512. The van der Waals surface area contributed by atoms with Gasteiger partial charge in [0.2, 0.25) is 0 Å². The molecule has 0 radical (unpaired) electrons. The van der Waals surface area contributed by atoms with Crippen LogP contribution in [0.4, 0.5) is 0 Å². The number of aliphatic hydroxyl groups is 1. The van der Waals surface area contributed by atoms with Gasteiger partial charge < -0.3 is 0 Å². The van der Waals surface area contributed by atoms with Crippen molar-refractivity contribution in [1.29, 1.82) is 0 Å². The fourth-order valence-electron chi connectivity index (χ4n) is 0.158. The quantitative estimate of drug-likeness (QED) is 0.466. The fraction of sp³-hybridized carbons (Fsp3) is 1.00. The van der Waals surface area contributed by atoms with Crippen molar-refractivity contribution in [2.24, 2.45) is 0 Å². The van der Waals surface area contributed by atoms with Crippen molar-refractivity contribution in [3.63, 3.8) is 0 Å². The first-order valence-electron chi connectivity index (χ1n) is 2.02. The molecule has 0 bridgehead atoms. The Kier molecular flexibility index (Phi) is 4.73. The van der Waals surface area contributed by atoms with Crippen molar-refractivity contribution in [2.75, 3.05) is 12.8 Å². The van der Waals surface area contributed by atoms with Gasteiger partial charge in [0.05, 0.1) is 0 Å². The van der Waals surface area contributed by atoms with E-state index < -0.39 is 0 Å². The van der Waals surface area contributed by atoms with E-state index in [-0.39, 0.29) is 0 Å². The predicted molar refractivity (Wildman–Crippen MR) is 29.1 cm³/mol. The average Bonchev–Trinajstić information content (AvgIpc) is 1.41. The zero-order valence-corrected chi connectivity index (χ0v) is 5.57. The number of hydrogen-bond acceptors (Lipinski definition) is 1. The van der Waals surface area contributed by atoms with Gasteiger partial charge in [0.15, 0.2) is 0 Å². The summed E-state index contributed by atoms with van der Waals surface area (Å²) in [5, 5.41) is 8.09. The van der Waals surface area contributed by atoms with E-state index in [0.29, 0.717) is 6.61 Å².